The summed E-state index contributed by atoms with van der Waals surface area (Å²) in [4.78, 5) is 19.9. The third kappa shape index (κ3) is 4.47. The van der Waals surface area contributed by atoms with Gasteiger partial charge in [0, 0.05) is 29.4 Å². The first-order valence-corrected chi connectivity index (χ1v) is 13.5. The highest BCUT2D eigenvalue weighted by Crippen LogP contribution is 2.52. The number of likely N-dealkylation sites (tertiary alicyclic amines) is 1. The summed E-state index contributed by atoms with van der Waals surface area (Å²) >= 11 is 0. The van der Waals surface area contributed by atoms with Crippen LogP contribution in [0.3, 0.4) is 0 Å². The number of halogens is 2. The van der Waals surface area contributed by atoms with Gasteiger partial charge in [-0.05, 0) is 80.9 Å². The predicted molar refractivity (Wildman–Crippen MR) is 143 cm³/mol. The molecule has 0 bridgehead atoms. The van der Waals surface area contributed by atoms with Crippen molar-refractivity contribution in [3.8, 4) is 11.3 Å². The smallest absolute Gasteiger partial charge is 0.229 e. The molecule has 4 heterocycles. The summed E-state index contributed by atoms with van der Waals surface area (Å²) in [5.41, 5.74) is 3.52. The number of nitrogens with zero attached hydrogens (tertiary/aromatic N) is 5. The van der Waals surface area contributed by atoms with Crippen LogP contribution >= 0.6 is 0 Å². The fourth-order valence-electron chi connectivity index (χ4n) is 6.39. The van der Waals surface area contributed by atoms with E-state index in [9.17, 15) is 4.39 Å². The van der Waals surface area contributed by atoms with Crippen molar-refractivity contribution < 1.29 is 13.9 Å². The number of hydrogen-bond donors (Lipinski definition) is 2. The lowest BCUT2D eigenvalue weighted by atomic mass is 9.76. The van der Waals surface area contributed by atoms with Crippen molar-refractivity contribution >= 4 is 23.2 Å². The molecule has 198 valence electrons. The van der Waals surface area contributed by atoms with E-state index in [1.165, 1.54) is 11.6 Å². The maximum atomic E-state index is 15.2. The second-order valence-corrected chi connectivity index (χ2v) is 10.7. The number of β-amino-alcohol motifs (C(OH)–C–C–N with tert-alkyl or cyclic N) is 1. The van der Waals surface area contributed by atoms with Gasteiger partial charge in [0.2, 0.25) is 5.95 Å². The van der Waals surface area contributed by atoms with Gasteiger partial charge in [-0.15, -0.1) is 0 Å². The number of nitrogens with one attached hydrogen (secondary N) is 1. The highest BCUT2D eigenvalue weighted by atomic mass is 19.1. The average molecular weight is 519 g/mol. The second-order valence-electron chi connectivity index (χ2n) is 10.7. The van der Waals surface area contributed by atoms with E-state index >= 15 is 4.39 Å². The minimum Gasteiger partial charge on any atom is -0.395 e. The van der Waals surface area contributed by atoms with Gasteiger partial charge in [-0.1, -0.05) is 18.9 Å². The summed E-state index contributed by atoms with van der Waals surface area (Å²) in [7, 11) is 0. The number of rotatable bonds is 6. The van der Waals surface area contributed by atoms with Crippen molar-refractivity contribution in [3.05, 3.63) is 59.4 Å². The maximum Gasteiger partial charge on any atom is 0.229 e. The van der Waals surface area contributed by atoms with Gasteiger partial charge in [0.1, 0.15) is 23.0 Å². The number of fused-ring (bicyclic) bond motifs is 2. The second kappa shape index (κ2) is 10.1. The first-order valence-electron chi connectivity index (χ1n) is 13.5. The van der Waals surface area contributed by atoms with Gasteiger partial charge in [-0.2, -0.15) is 0 Å². The fourth-order valence-corrected chi connectivity index (χ4v) is 6.39. The first kappa shape index (κ1) is 25.0. The van der Waals surface area contributed by atoms with Crippen LogP contribution in [-0.2, 0) is 5.41 Å². The van der Waals surface area contributed by atoms with Crippen LogP contribution in [0.25, 0.3) is 11.3 Å². The number of aromatic nitrogens is 3. The molecule has 1 spiro atoms. The zero-order valence-corrected chi connectivity index (χ0v) is 21.6. The van der Waals surface area contributed by atoms with E-state index in [0.29, 0.717) is 23.0 Å². The lowest BCUT2D eigenvalue weighted by molar-refractivity contribution is 0.164. The SMILES string of the molecule is CC1=Nc2c(F)cc(-c3nc(Nc4ccc(C5CCN(CCO)CC5)cn4)ncc3F)cc2C12CCCC2. The molecule has 7 nitrogen and oxygen atoms in total. The number of aliphatic hydroxyl groups is 1. The number of aliphatic imine (C=N–C) groups is 1. The Balaban J connectivity index is 1.22. The lowest BCUT2D eigenvalue weighted by Gasteiger charge is -2.31. The van der Waals surface area contributed by atoms with E-state index < -0.39 is 11.6 Å². The van der Waals surface area contributed by atoms with Gasteiger partial charge < -0.3 is 15.3 Å². The molecule has 0 atom stereocenters. The summed E-state index contributed by atoms with van der Waals surface area (Å²) in [5, 5.41) is 12.2. The van der Waals surface area contributed by atoms with Crippen LogP contribution in [-0.4, -0.2) is 56.9 Å². The summed E-state index contributed by atoms with van der Waals surface area (Å²) in [6.45, 7) is 4.81. The van der Waals surface area contributed by atoms with E-state index in [1.54, 1.807) is 0 Å². The van der Waals surface area contributed by atoms with E-state index in [-0.39, 0.29) is 23.7 Å². The molecule has 3 aromatic rings. The summed E-state index contributed by atoms with van der Waals surface area (Å²) < 4.78 is 30.1. The molecular formula is C29H32F2N6O. The predicted octanol–water partition coefficient (Wildman–Crippen LogP) is 5.65. The molecule has 0 amide bonds. The van der Waals surface area contributed by atoms with Crippen LogP contribution in [0, 0.1) is 11.6 Å². The van der Waals surface area contributed by atoms with Gasteiger partial charge in [-0.3, -0.25) is 4.99 Å². The molecular weight excluding hydrogens is 486 g/mol. The van der Waals surface area contributed by atoms with Crippen molar-refractivity contribution in [2.45, 2.75) is 56.8 Å². The van der Waals surface area contributed by atoms with Crippen molar-refractivity contribution in [1.29, 1.82) is 0 Å². The molecule has 1 saturated heterocycles. The Hall–Kier alpha value is -3.30. The number of benzene rings is 1. The van der Waals surface area contributed by atoms with E-state index in [2.05, 4.69) is 30.2 Å². The van der Waals surface area contributed by atoms with Gasteiger partial charge in [0.25, 0.3) is 0 Å². The lowest BCUT2D eigenvalue weighted by Crippen LogP contribution is -2.34. The number of aliphatic hydroxyl groups excluding tert-OH is 1. The van der Waals surface area contributed by atoms with Crippen molar-refractivity contribution in [2.24, 2.45) is 4.99 Å². The minimum atomic E-state index is -0.609. The Labute approximate surface area is 221 Å². The molecule has 2 N–H and O–H groups in total. The molecule has 3 aliphatic rings. The molecule has 0 unspecified atom stereocenters. The van der Waals surface area contributed by atoms with Crippen LogP contribution in [0.15, 0.2) is 41.7 Å². The molecule has 0 radical (unpaired) electrons. The van der Waals surface area contributed by atoms with Crippen LogP contribution < -0.4 is 5.32 Å². The van der Waals surface area contributed by atoms with Gasteiger partial charge in [0.05, 0.1) is 12.8 Å². The zero-order chi connectivity index (χ0) is 26.3. The van der Waals surface area contributed by atoms with Crippen molar-refractivity contribution in [3.63, 3.8) is 0 Å². The molecule has 38 heavy (non-hydrogen) atoms. The first-order chi connectivity index (χ1) is 18.5. The zero-order valence-electron chi connectivity index (χ0n) is 21.6. The minimum absolute atomic E-state index is 0.0492. The van der Waals surface area contributed by atoms with Gasteiger partial charge in [-0.25, -0.2) is 23.7 Å². The Bertz CT molecular complexity index is 1360. The van der Waals surface area contributed by atoms with Crippen molar-refractivity contribution in [1.82, 2.24) is 19.9 Å². The normalized spacial score (nSPS) is 19.1. The Kier molecular flexibility index (Phi) is 6.65. The topological polar surface area (TPSA) is 86.5 Å². The molecule has 2 aliphatic heterocycles. The Morgan fingerprint density at radius 1 is 1.05 bits per heavy atom. The molecule has 2 fully saturated rings. The standard InChI is InChI=1S/C29H32F2N6O/c1-18-29(8-2-3-9-29)22-14-21(15-23(30)27(22)34-18)26-24(31)17-33-28(36-26)35-25-5-4-20(16-32-25)19-6-10-37(11-7-19)12-13-38/h4-5,14-17,19,38H,2-3,6-13H2,1H3,(H,32,33,35,36). The van der Waals surface area contributed by atoms with Gasteiger partial charge >= 0.3 is 0 Å². The number of pyridine rings is 1. The number of anilines is 2. The molecule has 6 rings (SSSR count). The van der Waals surface area contributed by atoms with Crippen molar-refractivity contribution in [2.75, 3.05) is 31.6 Å². The quantitative estimate of drug-likeness (QED) is 0.439. The van der Waals surface area contributed by atoms with Crippen LogP contribution in [0.4, 0.5) is 26.2 Å². The van der Waals surface area contributed by atoms with E-state index in [0.717, 1.165) is 75.6 Å². The molecule has 9 heteroatoms. The monoisotopic (exact) mass is 518 g/mol. The van der Waals surface area contributed by atoms with Crippen LogP contribution in [0.2, 0.25) is 0 Å². The third-order valence-corrected chi connectivity index (χ3v) is 8.53. The molecule has 2 aromatic heterocycles. The van der Waals surface area contributed by atoms with Crippen LogP contribution in [0.1, 0.15) is 62.5 Å². The Morgan fingerprint density at radius 2 is 1.84 bits per heavy atom. The fraction of sp³-hybridized carbons (Fsp3) is 0.448. The summed E-state index contributed by atoms with van der Waals surface area (Å²) in [6.07, 6.45) is 9.03. The van der Waals surface area contributed by atoms with E-state index in [4.69, 9.17) is 5.11 Å². The van der Waals surface area contributed by atoms with E-state index in [1.807, 2.05) is 31.3 Å². The largest absolute Gasteiger partial charge is 0.395 e. The summed E-state index contributed by atoms with van der Waals surface area (Å²) in [5.74, 6) is 0.126. The number of hydrogen-bond acceptors (Lipinski definition) is 7. The molecule has 1 aliphatic carbocycles. The number of piperidine rings is 1. The third-order valence-electron chi connectivity index (χ3n) is 8.53. The highest BCUT2D eigenvalue weighted by Gasteiger charge is 2.44. The Morgan fingerprint density at radius 3 is 2.55 bits per heavy atom. The highest BCUT2D eigenvalue weighted by molar-refractivity contribution is 6.01. The molecule has 1 aromatic carbocycles. The molecule has 1 saturated carbocycles. The van der Waals surface area contributed by atoms with Crippen LogP contribution in [0.5, 0.6) is 0 Å². The van der Waals surface area contributed by atoms with Gasteiger partial charge in [0.15, 0.2) is 5.82 Å². The average Bonchev–Trinajstić information content (AvgIpc) is 3.53. The maximum absolute atomic E-state index is 15.2. The summed E-state index contributed by atoms with van der Waals surface area (Å²) in [6, 6.07) is 7.10.